The van der Waals surface area contributed by atoms with Crippen LogP contribution < -0.4 is 4.74 Å². The van der Waals surface area contributed by atoms with Crippen molar-refractivity contribution in [1.82, 2.24) is 4.98 Å². The minimum Gasteiger partial charge on any atom is -0.495 e. The van der Waals surface area contributed by atoms with Crippen LogP contribution in [0.3, 0.4) is 0 Å². The van der Waals surface area contributed by atoms with Crippen LogP contribution in [0.15, 0.2) is 18.3 Å². The van der Waals surface area contributed by atoms with Gasteiger partial charge in [-0.15, -0.1) is 0 Å². The fourth-order valence-corrected chi connectivity index (χ4v) is 1.38. The van der Waals surface area contributed by atoms with Crippen molar-refractivity contribution in [1.29, 1.82) is 0 Å². The molecule has 0 amide bonds. The third-order valence-electron chi connectivity index (χ3n) is 2.16. The predicted molar refractivity (Wildman–Crippen MR) is 56.9 cm³/mol. The van der Waals surface area contributed by atoms with Gasteiger partial charge in [-0.3, -0.25) is 4.98 Å². The molecule has 1 aromatic rings. The van der Waals surface area contributed by atoms with Crippen LogP contribution in [0.1, 0.15) is 24.6 Å². The maximum atomic E-state index is 9.86. The largest absolute Gasteiger partial charge is 0.495 e. The van der Waals surface area contributed by atoms with Crippen molar-refractivity contribution in [3.05, 3.63) is 24.0 Å². The average Bonchev–Trinajstić information content (AvgIpc) is 2.29. The van der Waals surface area contributed by atoms with Gasteiger partial charge in [0.1, 0.15) is 11.4 Å². The molecule has 1 N–H and O–H groups in total. The lowest BCUT2D eigenvalue weighted by atomic mass is 10.1. The molecule has 0 aliphatic carbocycles. The second kappa shape index (κ2) is 6.37. The summed E-state index contributed by atoms with van der Waals surface area (Å²) in [6.07, 6.45) is 2.49. The lowest BCUT2D eigenvalue weighted by Gasteiger charge is -2.12. The molecule has 4 nitrogen and oxygen atoms in total. The Hall–Kier alpha value is -1.13. The number of ether oxygens (including phenoxy) is 2. The monoisotopic (exact) mass is 211 g/mol. The van der Waals surface area contributed by atoms with Crippen molar-refractivity contribution >= 4 is 0 Å². The van der Waals surface area contributed by atoms with Gasteiger partial charge in [-0.25, -0.2) is 0 Å². The molecule has 0 fully saturated rings. The van der Waals surface area contributed by atoms with Crippen LogP contribution in [0.2, 0.25) is 0 Å². The first-order chi connectivity index (χ1) is 7.29. The smallest absolute Gasteiger partial charge is 0.143 e. The number of aromatic nitrogens is 1. The van der Waals surface area contributed by atoms with E-state index in [0.29, 0.717) is 24.5 Å². The highest BCUT2D eigenvalue weighted by atomic mass is 16.5. The normalized spacial score (nSPS) is 12.5. The number of hydrogen-bond acceptors (Lipinski definition) is 4. The van der Waals surface area contributed by atoms with Gasteiger partial charge in [0.15, 0.2) is 0 Å². The van der Waals surface area contributed by atoms with Crippen LogP contribution in [0.25, 0.3) is 0 Å². The molecule has 4 heteroatoms. The van der Waals surface area contributed by atoms with Crippen molar-refractivity contribution < 1.29 is 14.6 Å². The van der Waals surface area contributed by atoms with Gasteiger partial charge >= 0.3 is 0 Å². The summed E-state index contributed by atoms with van der Waals surface area (Å²) in [5, 5.41) is 9.86. The Labute approximate surface area is 89.9 Å². The quantitative estimate of drug-likeness (QED) is 0.725. The molecule has 1 unspecified atom stereocenters. The van der Waals surface area contributed by atoms with Gasteiger partial charge in [0.25, 0.3) is 0 Å². The van der Waals surface area contributed by atoms with E-state index in [0.717, 1.165) is 6.42 Å². The molecule has 0 aromatic carbocycles. The van der Waals surface area contributed by atoms with E-state index in [1.54, 1.807) is 32.5 Å². The van der Waals surface area contributed by atoms with Crippen LogP contribution in [0, 0.1) is 0 Å². The first-order valence-corrected chi connectivity index (χ1v) is 4.95. The Bertz CT molecular complexity index is 291. The van der Waals surface area contributed by atoms with Crippen molar-refractivity contribution in [2.75, 3.05) is 20.8 Å². The summed E-state index contributed by atoms with van der Waals surface area (Å²) in [6.45, 7) is 0.645. The van der Waals surface area contributed by atoms with Crippen molar-refractivity contribution in [3.63, 3.8) is 0 Å². The average molecular weight is 211 g/mol. The van der Waals surface area contributed by atoms with Crippen LogP contribution in [-0.2, 0) is 4.74 Å². The van der Waals surface area contributed by atoms with Gasteiger partial charge in [-0.2, -0.15) is 0 Å². The summed E-state index contributed by atoms with van der Waals surface area (Å²) in [5.74, 6) is 0.627. The van der Waals surface area contributed by atoms with Crippen LogP contribution >= 0.6 is 0 Å². The SMILES string of the molecule is COCCCC(O)c1ncccc1OC. The Morgan fingerprint density at radius 2 is 2.27 bits per heavy atom. The highest BCUT2D eigenvalue weighted by Crippen LogP contribution is 2.25. The number of rotatable bonds is 6. The number of methoxy groups -OCH3 is 2. The number of aliphatic hydroxyl groups is 1. The molecule has 1 rings (SSSR count). The van der Waals surface area contributed by atoms with Gasteiger partial charge < -0.3 is 14.6 Å². The first kappa shape index (κ1) is 11.9. The fraction of sp³-hybridized carbons (Fsp3) is 0.545. The van der Waals surface area contributed by atoms with Crippen molar-refractivity contribution in [2.24, 2.45) is 0 Å². The van der Waals surface area contributed by atoms with Crippen LogP contribution in [0.5, 0.6) is 5.75 Å². The zero-order valence-corrected chi connectivity index (χ0v) is 9.14. The van der Waals surface area contributed by atoms with Crippen LogP contribution in [-0.4, -0.2) is 30.9 Å². The first-order valence-electron chi connectivity index (χ1n) is 4.95. The Balaban J connectivity index is 2.59. The van der Waals surface area contributed by atoms with Gasteiger partial charge in [0.05, 0.1) is 13.2 Å². The summed E-state index contributed by atoms with van der Waals surface area (Å²) < 4.78 is 10.0. The van der Waals surface area contributed by atoms with E-state index >= 15 is 0 Å². The standard InChI is InChI=1S/C11H17NO3/c1-14-8-4-5-9(13)11-10(15-2)6-3-7-12-11/h3,6-7,9,13H,4-5,8H2,1-2H3. The highest BCUT2D eigenvalue weighted by Gasteiger charge is 2.13. The Morgan fingerprint density at radius 1 is 1.47 bits per heavy atom. The summed E-state index contributed by atoms with van der Waals surface area (Å²) in [4.78, 5) is 4.11. The molecule has 0 saturated heterocycles. The number of pyridine rings is 1. The highest BCUT2D eigenvalue weighted by molar-refractivity contribution is 5.28. The van der Waals surface area contributed by atoms with Crippen molar-refractivity contribution in [3.8, 4) is 5.75 Å². The summed E-state index contributed by atoms with van der Waals surface area (Å²) in [6, 6.07) is 3.58. The lowest BCUT2D eigenvalue weighted by Crippen LogP contribution is -2.04. The molecule has 0 radical (unpaired) electrons. The third-order valence-corrected chi connectivity index (χ3v) is 2.16. The van der Waals surface area contributed by atoms with Crippen molar-refractivity contribution in [2.45, 2.75) is 18.9 Å². The molecule has 84 valence electrons. The molecule has 15 heavy (non-hydrogen) atoms. The molecule has 0 spiro atoms. The Morgan fingerprint density at radius 3 is 2.93 bits per heavy atom. The molecule has 0 aliphatic rings. The van der Waals surface area contributed by atoms with E-state index in [1.807, 2.05) is 0 Å². The van der Waals surface area contributed by atoms with Gasteiger partial charge in [0.2, 0.25) is 0 Å². The van der Waals surface area contributed by atoms with Gasteiger partial charge in [0, 0.05) is 19.9 Å². The molecular weight excluding hydrogens is 194 g/mol. The topological polar surface area (TPSA) is 51.6 Å². The summed E-state index contributed by atoms with van der Waals surface area (Å²) in [7, 11) is 3.22. The molecule has 1 heterocycles. The van der Waals surface area contributed by atoms with E-state index in [4.69, 9.17) is 9.47 Å². The number of nitrogens with zero attached hydrogens (tertiary/aromatic N) is 1. The van der Waals surface area contributed by atoms with Crippen LogP contribution in [0.4, 0.5) is 0 Å². The molecule has 1 atom stereocenters. The summed E-state index contributed by atoms with van der Waals surface area (Å²) in [5.41, 5.74) is 0.594. The predicted octanol–water partition coefficient (Wildman–Crippen LogP) is 1.55. The molecule has 0 saturated carbocycles. The zero-order chi connectivity index (χ0) is 11.1. The lowest BCUT2D eigenvalue weighted by molar-refractivity contribution is 0.130. The van der Waals surface area contributed by atoms with Gasteiger partial charge in [-0.05, 0) is 25.0 Å². The fourth-order valence-electron chi connectivity index (χ4n) is 1.38. The third kappa shape index (κ3) is 3.49. The summed E-state index contributed by atoms with van der Waals surface area (Å²) >= 11 is 0. The second-order valence-electron chi connectivity index (χ2n) is 3.24. The number of hydrogen-bond donors (Lipinski definition) is 1. The molecular formula is C11H17NO3. The molecule has 0 bridgehead atoms. The maximum absolute atomic E-state index is 9.86. The van der Waals surface area contributed by atoms with Gasteiger partial charge in [-0.1, -0.05) is 0 Å². The van der Waals surface area contributed by atoms with E-state index in [-0.39, 0.29) is 0 Å². The zero-order valence-electron chi connectivity index (χ0n) is 9.14. The van der Waals surface area contributed by atoms with E-state index in [9.17, 15) is 5.11 Å². The minimum atomic E-state index is -0.587. The molecule has 0 aliphatic heterocycles. The maximum Gasteiger partial charge on any atom is 0.143 e. The van der Waals surface area contributed by atoms with E-state index in [2.05, 4.69) is 4.98 Å². The Kier molecular flexibility index (Phi) is 5.07. The van der Waals surface area contributed by atoms with E-state index in [1.165, 1.54) is 0 Å². The second-order valence-corrected chi connectivity index (χ2v) is 3.24. The number of aliphatic hydroxyl groups excluding tert-OH is 1. The molecule has 1 aromatic heterocycles. The van der Waals surface area contributed by atoms with E-state index < -0.39 is 6.10 Å². The minimum absolute atomic E-state index is 0.587.